The number of hydrogen-bond donors (Lipinski definition) is 2. The molecular weight excluding hydrogens is 242 g/mol. The van der Waals surface area contributed by atoms with Crippen LogP contribution in [0.3, 0.4) is 0 Å². The van der Waals surface area contributed by atoms with Gasteiger partial charge in [-0.2, -0.15) is 5.10 Å². The Balaban J connectivity index is 1.49. The van der Waals surface area contributed by atoms with E-state index in [9.17, 15) is 4.79 Å². The van der Waals surface area contributed by atoms with Gasteiger partial charge in [-0.15, -0.1) is 0 Å². The summed E-state index contributed by atoms with van der Waals surface area (Å²) in [5.74, 6) is 0.0535. The zero-order valence-electron chi connectivity index (χ0n) is 11.3. The molecule has 3 rings (SSSR count). The van der Waals surface area contributed by atoms with Gasteiger partial charge in [-0.1, -0.05) is 0 Å². The van der Waals surface area contributed by atoms with Crippen LogP contribution in [0.25, 0.3) is 0 Å². The second kappa shape index (κ2) is 5.21. The minimum Gasteiger partial charge on any atom is -0.378 e. The first-order chi connectivity index (χ1) is 9.19. The standard InChI is InChI=1S/C13H21N5O/c1-17-5-4-11(7-17)15-12-6-14-18(8-12)9-13(19)16-10-2-3-10/h6,8,10-11,15H,2-5,7,9H2,1H3,(H,16,19). The summed E-state index contributed by atoms with van der Waals surface area (Å²) in [6, 6.07) is 0.901. The Morgan fingerprint density at radius 2 is 2.26 bits per heavy atom. The van der Waals surface area contributed by atoms with Crippen LogP contribution < -0.4 is 10.6 Å². The molecule has 1 atom stereocenters. The maximum atomic E-state index is 11.7. The summed E-state index contributed by atoms with van der Waals surface area (Å²) in [4.78, 5) is 14.0. The normalized spacial score (nSPS) is 23.5. The van der Waals surface area contributed by atoms with Crippen LogP contribution in [0.1, 0.15) is 19.3 Å². The Morgan fingerprint density at radius 3 is 2.95 bits per heavy atom. The van der Waals surface area contributed by atoms with Gasteiger partial charge in [-0.25, -0.2) is 0 Å². The number of rotatable bonds is 5. The van der Waals surface area contributed by atoms with Crippen LogP contribution in [-0.4, -0.2) is 52.8 Å². The molecule has 2 aliphatic rings. The second-order valence-corrected chi connectivity index (χ2v) is 5.66. The molecule has 1 aromatic rings. The smallest absolute Gasteiger partial charge is 0.241 e. The quantitative estimate of drug-likeness (QED) is 0.801. The van der Waals surface area contributed by atoms with Crippen molar-refractivity contribution in [3.63, 3.8) is 0 Å². The van der Waals surface area contributed by atoms with Crippen molar-refractivity contribution >= 4 is 11.6 Å². The minimum absolute atomic E-state index is 0.0535. The van der Waals surface area contributed by atoms with E-state index in [4.69, 9.17) is 0 Å². The van der Waals surface area contributed by atoms with Crippen molar-refractivity contribution < 1.29 is 4.79 Å². The Morgan fingerprint density at radius 1 is 1.42 bits per heavy atom. The molecule has 0 aromatic carbocycles. The van der Waals surface area contributed by atoms with Crippen LogP contribution in [0.2, 0.25) is 0 Å². The molecule has 104 valence electrons. The molecule has 0 spiro atoms. The molecule has 1 aliphatic heterocycles. The molecule has 19 heavy (non-hydrogen) atoms. The Labute approximate surface area is 113 Å². The van der Waals surface area contributed by atoms with Gasteiger partial charge in [-0.05, 0) is 32.9 Å². The topological polar surface area (TPSA) is 62.2 Å². The fraction of sp³-hybridized carbons (Fsp3) is 0.692. The van der Waals surface area contributed by atoms with Crippen molar-refractivity contribution in [3.05, 3.63) is 12.4 Å². The SMILES string of the molecule is CN1CCC(Nc2cnn(CC(=O)NC3CC3)c2)C1. The number of amides is 1. The molecule has 2 heterocycles. The average molecular weight is 263 g/mol. The van der Waals surface area contributed by atoms with Crippen molar-refractivity contribution in [2.24, 2.45) is 0 Å². The Bertz CT molecular complexity index is 454. The van der Waals surface area contributed by atoms with E-state index in [1.165, 1.54) is 0 Å². The van der Waals surface area contributed by atoms with E-state index in [-0.39, 0.29) is 5.91 Å². The van der Waals surface area contributed by atoms with Crippen LogP contribution >= 0.6 is 0 Å². The van der Waals surface area contributed by atoms with E-state index in [1.807, 2.05) is 6.20 Å². The molecule has 2 fully saturated rings. The lowest BCUT2D eigenvalue weighted by molar-refractivity contribution is -0.122. The van der Waals surface area contributed by atoms with Gasteiger partial charge in [0, 0.05) is 24.8 Å². The fourth-order valence-corrected chi connectivity index (χ4v) is 2.46. The molecule has 1 unspecified atom stereocenters. The third-order valence-corrected chi connectivity index (χ3v) is 3.64. The van der Waals surface area contributed by atoms with Gasteiger partial charge < -0.3 is 15.5 Å². The van der Waals surface area contributed by atoms with Gasteiger partial charge in [0.15, 0.2) is 0 Å². The van der Waals surface area contributed by atoms with Crippen molar-refractivity contribution in [3.8, 4) is 0 Å². The highest BCUT2D eigenvalue weighted by molar-refractivity contribution is 5.76. The predicted molar refractivity (Wildman–Crippen MR) is 72.9 cm³/mol. The number of aromatic nitrogens is 2. The molecule has 1 saturated heterocycles. The minimum atomic E-state index is 0.0535. The number of nitrogens with zero attached hydrogens (tertiary/aromatic N) is 3. The lowest BCUT2D eigenvalue weighted by Crippen LogP contribution is -2.29. The summed E-state index contributed by atoms with van der Waals surface area (Å²) in [5, 5.41) is 10.6. The predicted octanol–water partition coefficient (Wildman–Crippen LogP) is 0.278. The largest absolute Gasteiger partial charge is 0.378 e. The van der Waals surface area contributed by atoms with E-state index < -0.39 is 0 Å². The van der Waals surface area contributed by atoms with Gasteiger partial charge in [0.2, 0.25) is 5.91 Å². The maximum absolute atomic E-state index is 11.7. The summed E-state index contributed by atoms with van der Waals surface area (Å²) >= 11 is 0. The summed E-state index contributed by atoms with van der Waals surface area (Å²) in [5.41, 5.74) is 1.000. The van der Waals surface area contributed by atoms with Crippen LogP contribution in [0.5, 0.6) is 0 Å². The zero-order chi connectivity index (χ0) is 13.2. The summed E-state index contributed by atoms with van der Waals surface area (Å²) < 4.78 is 1.69. The molecule has 1 saturated carbocycles. The Hall–Kier alpha value is -1.56. The number of anilines is 1. The van der Waals surface area contributed by atoms with Gasteiger partial charge in [0.1, 0.15) is 6.54 Å². The monoisotopic (exact) mass is 263 g/mol. The number of hydrogen-bond acceptors (Lipinski definition) is 4. The van der Waals surface area contributed by atoms with Crippen LogP contribution in [0, 0.1) is 0 Å². The van der Waals surface area contributed by atoms with E-state index >= 15 is 0 Å². The van der Waals surface area contributed by atoms with Gasteiger partial charge >= 0.3 is 0 Å². The molecule has 0 bridgehead atoms. The summed E-state index contributed by atoms with van der Waals surface area (Å²) in [6.45, 7) is 2.51. The van der Waals surface area contributed by atoms with Crippen LogP contribution in [0.4, 0.5) is 5.69 Å². The highest BCUT2D eigenvalue weighted by Crippen LogP contribution is 2.18. The first-order valence-corrected chi connectivity index (χ1v) is 6.96. The average Bonchev–Trinajstić information content (AvgIpc) is 2.90. The third kappa shape index (κ3) is 3.47. The summed E-state index contributed by atoms with van der Waals surface area (Å²) in [7, 11) is 2.13. The molecular formula is C13H21N5O. The van der Waals surface area contributed by atoms with Crippen molar-refractivity contribution in [1.29, 1.82) is 0 Å². The van der Waals surface area contributed by atoms with Crippen LogP contribution in [0.15, 0.2) is 12.4 Å². The van der Waals surface area contributed by atoms with Crippen molar-refractivity contribution in [2.45, 2.75) is 37.9 Å². The molecule has 6 heteroatoms. The molecule has 1 amide bonds. The highest BCUT2D eigenvalue weighted by Gasteiger charge is 2.23. The Kier molecular flexibility index (Phi) is 3.42. The molecule has 1 aromatic heterocycles. The first-order valence-electron chi connectivity index (χ1n) is 6.96. The summed E-state index contributed by atoms with van der Waals surface area (Å²) in [6.07, 6.45) is 7.09. The van der Waals surface area contributed by atoms with Crippen LogP contribution in [-0.2, 0) is 11.3 Å². The van der Waals surface area contributed by atoms with Gasteiger partial charge in [0.25, 0.3) is 0 Å². The molecule has 1 aliphatic carbocycles. The van der Waals surface area contributed by atoms with Gasteiger partial charge in [-0.3, -0.25) is 9.48 Å². The van der Waals surface area contributed by atoms with E-state index in [0.29, 0.717) is 18.6 Å². The highest BCUT2D eigenvalue weighted by atomic mass is 16.2. The van der Waals surface area contributed by atoms with Gasteiger partial charge in [0.05, 0.1) is 11.9 Å². The zero-order valence-corrected chi connectivity index (χ0v) is 11.3. The molecule has 0 radical (unpaired) electrons. The number of carbonyl (C=O) groups is 1. The second-order valence-electron chi connectivity index (χ2n) is 5.66. The van der Waals surface area contributed by atoms with Crippen molar-refractivity contribution in [2.75, 3.05) is 25.5 Å². The van der Waals surface area contributed by atoms with E-state index in [1.54, 1.807) is 10.9 Å². The first kappa shape index (κ1) is 12.5. The number of likely N-dealkylation sites (N-methyl/N-ethyl adjacent to an activating group) is 1. The number of carbonyl (C=O) groups excluding carboxylic acids is 1. The van der Waals surface area contributed by atoms with E-state index in [2.05, 4.69) is 27.7 Å². The third-order valence-electron chi connectivity index (χ3n) is 3.64. The molecule has 6 nitrogen and oxygen atoms in total. The van der Waals surface area contributed by atoms with Crippen molar-refractivity contribution in [1.82, 2.24) is 20.0 Å². The maximum Gasteiger partial charge on any atom is 0.241 e. The number of nitrogens with one attached hydrogen (secondary N) is 2. The number of likely N-dealkylation sites (tertiary alicyclic amines) is 1. The fourth-order valence-electron chi connectivity index (χ4n) is 2.46. The lowest BCUT2D eigenvalue weighted by Gasteiger charge is -2.11. The van der Waals surface area contributed by atoms with E-state index in [0.717, 1.165) is 38.0 Å². The lowest BCUT2D eigenvalue weighted by atomic mass is 10.2. The molecule has 2 N–H and O–H groups in total.